The number of thiazole rings is 1. The first-order valence-corrected chi connectivity index (χ1v) is 9.26. The highest BCUT2D eigenvalue weighted by molar-refractivity contribution is 7.07. The first-order chi connectivity index (χ1) is 13.1. The molecule has 140 valence electrons. The van der Waals surface area contributed by atoms with Crippen LogP contribution in [0, 0.1) is 5.82 Å². The lowest BCUT2D eigenvalue weighted by atomic mass is 10.1. The van der Waals surface area contributed by atoms with Gasteiger partial charge in [-0.05, 0) is 31.2 Å². The molecule has 0 spiro atoms. The quantitative estimate of drug-likeness (QED) is 0.655. The van der Waals surface area contributed by atoms with Gasteiger partial charge in [0.25, 0.3) is 5.91 Å². The maximum atomic E-state index is 13.9. The van der Waals surface area contributed by atoms with E-state index in [0.717, 1.165) is 5.69 Å². The highest BCUT2D eigenvalue weighted by Gasteiger charge is 2.16. The minimum absolute atomic E-state index is 0.315. The minimum atomic E-state index is -0.467. The maximum Gasteiger partial charge on any atom is 0.251 e. The fourth-order valence-corrected chi connectivity index (χ4v) is 3.12. The zero-order chi connectivity index (χ0) is 19.2. The number of amides is 1. The van der Waals surface area contributed by atoms with Crippen molar-refractivity contribution >= 4 is 17.2 Å². The van der Waals surface area contributed by atoms with E-state index in [1.807, 2.05) is 5.38 Å². The molecule has 0 aliphatic carbocycles. The molecule has 0 saturated heterocycles. The Hall–Kier alpha value is -2.93. The summed E-state index contributed by atoms with van der Waals surface area (Å²) >= 11 is 1.49. The fraction of sp³-hybridized carbons (Fsp3) is 0.200. The van der Waals surface area contributed by atoms with Crippen LogP contribution in [0.4, 0.5) is 4.39 Å². The van der Waals surface area contributed by atoms with Gasteiger partial charge in [0, 0.05) is 16.5 Å². The summed E-state index contributed by atoms with van der Waals surface area (Å²) < 4.78 is 24.9. The molecule has 3 rings (SSSR count). The molecule has 0 aliphatic heterocycles. The number of halogens is 1. The summed E-state index contributed by atoms with van der Waals surface area (Å²) in [5.41, 5.74) is 3.39. The van der Waals surface area contributed by atoms with Gasteiger partial charge in [-0.15, -0.1) is 11.3 Å². The van der Waals surface area contributed by atoms with E-state index in [1.165, 1.54) is 24.5 Å². The van der Waals surface area contributed by atoms with Gasteiger partial charge in [0.05, 0.1) is 24.4 Å². The van der Waals surface area contributed by atoms with Crippen molar-refractivity contribution in [3.8, 4) is 11.5 Å². The predicted molar refractivity (Wildman–Crippen MR) is 102 cm³/mol. The van der Waals surface area contributed by atoms with Gasteiger partial charge in [-0.1, -0.05) is 18.2 Å². The smallest absolute Gasteiger partial charge is 0.251 e. The van der Waals surface area contributed by atoms with Crippen LogP contribution in [0.25, 0.3) is 0 Å². The Labute approximate surface area is 160 Å². The van der Waals surface area contributed by atoms with Gasteiger partial charge in [-0.3, -0.25) is 4.79 Å². The zero-order valence-electron chi connectivity index (χ0n) is 14.9. The average Bonchev–Trinajstić information content (AvgIpc) is 3.20. The van der Waals surface area contributed by atoms with Crippen LogP contribution in [0.5, 0.6) is 11.5 Å². The topological polar surface area (TPSA) is 60.5 Å². The van der Waals surface area contributed by atoms with Crippen molar-refractivity contribution in [2.45, 2.75) is 19.6 Å². The summed E-state index contributed by atoms with van der Waals surface area (Å²) in [6.45, 7) is 2.05. The molecule has 0 radical (unpaired) electrons. The van der Waals surface area contributed by atoms with Gasteiger partial charge in [0.15, 0.2) is 11.5 Å². The largest absolute Gasteiger partial charge is 0.493 e. The van der Waals surface area contributed by atoms with Crippen molar-refractivity contribution < 1.29 is 18.7 Å². The Morgan fingerprint density at radius 3 is 2.78 bits per heavy atom. The summed E-state index contributed by atoms with van der Waals surface area (Å²) in [6, 6.07) is 10.8. The molecule has 27 heavy (non-hydrogen) atoms. The second kappa shape index (κ2) is 8.64. The molecule has 1 N–H and O–H groups in total. The highest BCUT2D eigenvalue weighted by Crippen LogP contribution is 2.29. The van der Waals surface area contributed by atoms with Crippen molar-refractivity contribution in [3.63, 3.8) is 0 Å². The molecular formula is C20H19FN2O3S. The Bertz CT molecular complexity index is 915. The van der Waals surface area contributed by atoms with Gasteiger partial charge in [0.1, 0.15) is 12.4 Å². The Morgan fingerprint density at radius 1 is 1.26 bits per heavy atom. The lowest BCUT2D eigenvalue weighted by Crippen LogP contribution is -2.27. The Balaban J connectivity index is 1.70. The predicted octanol–water partition coefficient (Wildman–Crippen LogP) is 4.36. The molecule has 1 unspecified atom stereocenters. The monoisotopic (exact) mass is 386 g/mol. The van der Waals surface area contributed by atoms with Crippen molar-refractivity contribution in [3.05, 3.63) is 76.0 Å². The number of hydrogen-bond acceptors (Lipinski definition) is 5. The first kappa shape index (κ1) is 18.8. The van der Waals surface area contributed by atoms with Gasteiger partial charge in [0.2, 0.25) is 0 Å². The van der Waals surface area contributed by atoms with Crippen molar-refractivity contribution in [2.75, 3.05) is 7.11 Å². The molecule has 3 aromatic rings. The lowest BCUT2D eigenvalue weighted by molar-refractivity contribution is 0.0939. The Morgan fingerprint density at radius 2 is 2.07 bits per heavy atom. The number of carbonyl (C=O) groups excluding carboxylic acids is 1. The maximum absolute atomic E-state index is 13.9. The number of rotatable bonds is 7. The van der Waals surface area contributed by atoms with Crippen LogP contribution in [0.3, 0.4) is 0 Å². The molecule has 0 fully saturated rings. The zero-order valence-corrected chi connectivity index (χ0v) is 15.8. The lowest BCUT2D eigenvalue weighted by Gasteiger charge is -2.16. The van der Waals surface area contributed by atoms with Gasteiger partial charge in [-0.25, -0.2) is 9.37 Å². The van der Waals surface area contributed by atoms with E-state index in [-0.39, 0.29) is 11.7 Å². The molecule has 0 aliphatic rings. The number of nitrogens with one attached hydrogen (secondary N) is 1. The SMILES string of the molecule is COc1cc(C(=O)NC(C)c2ccccc2F)ccc1OCc1cscn1. The minimum Gasteiger partial charge on any atom is -0.493 e. The van der Waals surface area contributed by atoms with Crippen molar-refractivity contribution in [1.29, 1.82) is 0 Å². The number of methoxy groups -OCH3 is 1. The summed E-state index contributed by atoms with van der Waals surface area (Å²) in [7, 11) is 1.51. The summed E-state index contributed by atoms with van der Waals surface area (Å²) in [6.07, 6.45) is 0. The number of benzene rings is 2. The normalized spacial score (nSPS) is 11.7. The van der Waals surface area contributed by atoms with Crippen molar-refractivity contribution in [2.24, 2.45) is 0 Å². The third-order valence-electron chi connectivity index (χ3n) is 4.00. The van der Waals surface area contributed by atoms with E-state index in [9.17, 15) is 9.18 Å². The summed E-state index contributed by atoms with van der Waals surface area (Å²) in [4.78, 5) is 16.7. The van der Waals surface area contributed by atoms with Crippen LogP contribution in [0.15, 0.2) is 53.4 Å². The van der Waals surface area contributed by atoms with Crippen LogP contribution in [-0.4, -0.2) is 18.0 Å². The van der Waals surface area contributed by atoms with E-state index in [1.54, 1.807) is 48.8 Å². The van der Waals surface area contributed by atoms with Crippen molar-refractivity contribution in [1.82, 2.24) is 10.3 Å². The highest BCUT2D eigenvalue weighted by atomic mass is 32.1. The second-order valence-corrected chi connectivity index (χ2v) is 6.57. The number of ether oxygens (including phenoxy) is 2. The molecule has 5 nitrogen and oxygen atoms in total. The number of hydrogen-bond donors (Lipinski definition) is 1. The van der Waals surface area contributed by atoms with E-state index >= 15 is 0 Å². The number of carbonyl (C=O) groups is 1. The fourth-order valence-electron chi connectivity index (χ4n) is 2.57. The molecule has 1 aromatic heterocycles. The van der Waals surface area contributed by atoms with E-state index in [2.05, 4.69) is 10.3 Å². The Kier molecular flexibility index (Phi) is 6.03. The van der Waals surface area contributed by atoms with Crippen LogP contribution < -0.4 is 14.8 Å². The summed E-state index contributed by atoms with van der Waals surface area (Å²) in [5.74, 6) is 0.282. The van der Waals surface area contributed by atoms with Crippen LogP contribution in [-0.2, 0) is 6.61 Å². The van der Waals surface area contributed by atoms with Crippen LogP contribution in [0.1, 0.15) is 34.6 Å². The van der Waals surface area contributed by atoms with Crippen LogP contribution in [0.2, 0.25) is 0 Å². The molecule has 0 bridgehead atoms. The molecular weight excluding hydrogens is 367 g/mol. The standard InChI is InChI=1S/C20H19FN2O3S/c1-13(16-5-3-4-6-17(16)21)23-20(24)14-7-8-18(19(9-14)25-2)26-10-15-11-27-12-22-15/h3-9,11-13H,10H2,1-2H3,(H,23,24). The molecule has 1 amide bonds. The van der Waals surface area contributed by atoms with Gasteiger partial charge in [-0.2, -0.15) is 0 Å². The molecule has 7 heteroatoms. The first-order valence-electron chi connectivity index (χ1n) is 8.31. The second-order valence-electron chi connectivity index (χ2n) is 5.85. The number of aromatic nitrogens is 1. The molecule has 1 atom stereocenters. The molecule has 0 saturated carbocycles. The molecule has 2 aromatic carbocycles. The summed E-state index contributed by atoms with van der Waals surface area (Å²) in [5, 5.41) is 4.70. The van der Waals surface area contributed by atoms with E-state index in [0.29, 0.717) is 29.2 Å². The third-order valence-corrected chi connectivity index (χ3v) is 4.64. The molecule has 1 heterocycles. The van der Waals surface area contributed by atoms with Crippen LogP contribution >= 0.6 is 11.3 Å². The van der Waals surface area contributed by atoms with E-state index < -0.39 is 6.04 Å². The average molecular weight is 386 g/mol. The van der Waals surface area contributed by atoms with E-state index in [4.69, 9.17) is 9.47 Å². The number of nitrogens with zero attached hydrogens (tertiary/aromatic N) is 1. The third kappa shape index (κ3) is 4.62. The van der Waals surface area contributed by atoms with Gasteiger partial charge < -0.3 is 14.8 Å². The van der Waals surface area contributed by atoms with Gasteiger partial charge >= 0.3 is 0 Å².